The number of hydrogen-bond donors (Lipinski definition) is 1. The fourth-order valence-corrected chi connectivity index (χ4v) is 1.97. The molecule has 0 aliphatic rings. The summed E-state index contributed by atoms with van der Waals surface area (Å²) in [4.78, 5) is 0. The summed E-state index contributed by atoms with van der Waals surface area (Å²) < 4.78 is 43.7. The predicted octanol–water partition coefficient (Wildman–Crippen LogP) is 4.07. The maximum absolute atomic E-state index is 12.6. The number of alkyl halides is 3. The third-order valence-corrected chi connectivity index (χ3v) is 3.12. The Labute approximate surface area is 119 Å². The number of rotatable bonds is 6. The van der Waals surface area contributed by atoms with Gasteiger partial charge in [0.2, 0.25) is 0 Å². The Morgan fingerprint density at radius 1 is 1.37 bits per heavy atom. The van der Waals surface area contributed by atoms with Crippen LogP contribution in [0.5, 0.6) is 0 Å². The normalized spacial score (nSPS) is 15.3. The molecule has 2 unspecified atom stereocenters. The third kappa shape index (κ3) is 5.50. The highest BCUT2D eigenvalue weighted by Gasteiger charge is 2.38. The van der Waals surface area contributed by atoms with Gasteiger partial charge in [0.05, 0.1) is 6.10 Å². The first-order valence-corrected chi connectivity index (χ1v) is 6.82. The van der Waals surface area contributed by atoms with E-state index in [2.05, 4.69) is 21.2 Å². The topological polar surface area (TPSA) is 21.3 Å². The first-order chi connectivity index (χ1) is 8.84. The van der Waals surface area contributed by atoms with Crippen LogP contribution in [0.2, 0.25) is 0 Å². The van der Waals surface area contributed by atoms with Crippen LogP contribution in [0.4, 0.5) is 13.2 Å². The van der Waals surface area contributed by atoms with E-state index < -0.39 is 18.4 Å². The van der Waals surface area contributed by atoms with Gasteiger partial charge in [-0.05, 0) is 31.2 Å². The Morgan fingerprint density at radius 3 is 2.58 bits per heavy atom. The second-order valence-electron chi connectivity index (χ2n) is 4.17. The molecule has 0 aliphatic heterocycles. The number of ether oxygens (including phenoxy) is 1. The largest absolute Gasteiger partial charge is 0.414 e. The molecule has 6 heteroatoms. The molecule has 1 aromatic carbocycles. The SMILES string of the molecule is CCNCC(OC(C)C(F)(F)F)c1cccc(Br)c1. The summed E-state index contributed by atoms with van der Waals surface area (Å²) in [6, 6.07) is 7.13. The quantitative estimate of drug-likeness (QED) is 0.843. The van der Waals surface area contributed by atoms with Crippen LogP contribution in [0, 0.1) is 0 Å². The summed E-state index contributed by atoms with van der Waals surface area (Å²) in [7, 11) is 0. The van der Waals surface area contributed by atoms with Gasteiger partial charge in [0.1, 0.15) is 0 Å². The van der Waals surface area contributed by atoms with Gasteiger partial charge in [-0.25, -0.2) is 0 Å². The Bertz CT molecular complexity index is 398. The van der Waals surface area contributed by atoms with Crippen molar-refractivity contribution in [3.63, 3.8) is 0 Å². The molecule has 0 bridgehead atoms. The van der Waals surface area contributed by atoms with Crippen molar-refractivity contribution >= 4 is 15.9 Å². The van der Waals surface area contributed by atoms with Gasteiger partial charge in [-0.2, -0.15) is 13.2 Å². The zero-order chi connectivity index (χ0) is 14.5. The molecule has 2 atom stereocenters. The fraction of sp³-hybridized carbons (Fsp3) is 0.538. The summed E-state index contributed by atoms with van der Waals surface area (Å²) in [5.74, 6) is 0. The molecule has 0 spiro atoms. The molecule has 0 saturated carbocycles. The molecule has 0 aromatic heterocycles. The average molecular weight is 340 g/mol. The summed E-state index contributed by atoms with van der Waals surface area (Å²) in [6.07, 6.45) is -6.78. The minimum absolute atomic E-state index is 0.341. The van der Waals surface area contributed by atoms with E-state index in [-0.39, 0.29) is 0 Å². The molecule has 0 radical (unpaired) electrons. The van der Waals surface area contributed by atoms with E-state index >= 15 is 0 Å². The Balaban J connectivity index is 2.83. The number of halogens is 4. The van der Waals surface area contributed by atoms with Crippen LogP contribution in [0.3, 0.4) is 0 Å². The smallest absolute Gasteiger partial charge is 0.360 e. The second kappa shape index (κ2) is 7.26. The molecule has 0 saturated heterocycles. The van der Waals surface area contributed by atoms with Gasteiger partial charge in [-0.1, -0.05) is 35.0 Å². The number of hydrogen-bond acceptors (Lipinski definition) is 2. The molecule has 19 heavy (non-hydrogen) atoms. The standard InChI is InChI=1S/C13H17BrF3NO/c1-3-18-8-12(19-9(2)13(15,16)17)10-5-4-6-11(14)7-10/h4-7,9,12,18H,3,8H2,1-2H3. The highest BCUT2D eigenvalue weighted by Crippen LogP contribution is 2.29. The van der Waals surface area contributed by atoms with Crippen LogP contribution in [-0.4, -0.2) is 25.4 Å². The molecule has 1 N–H and O–H groups in total. The molecule has 0 aliphatic carbocycles. The molecule has 108 valence electrons. The van der Waals surface area contributed by atoms with Gasteiger partial charge in [-0.15, -0.1) is 0 Å². The molecular weight excluding hydrogens is 323 g/mol. The lowest BCUT2D eigenvalue weighted by molar-refractivity contribution is -0.227. The van der Waals surface area contributed by atoms with Crippen molar-refractivity contribution in [1.29, 1.82) is 0 Å². The molecule has 1 aromatic rings. The highest BCUT2D eigenvalue weighted by atomic mass is 79.9. The van der Waals surface area contributed by atoms with Gasteiger partial charge in [0.25, 0.3) is 0 Å². The minimum Gasteiger partial charge on any atom is -0.360 e. The van der Waals surface area contributed by atoms with E-state index in [0.717, 1.165) is 11.4 Å². The molecule has 0 amide bonds. The van der Waals surface area contributed by atoms with Gasteiger partial charge in [0, 0.05) is 11.0 Å². The van der Waals surface area contributed by atoms with Crippen LogP contribution < -0.4 is 5.32 Å². The van der Waals surface area contributed by atoms with E-state index in [9.17, 15) is 13.2 Å². The van der Waals surface area contributed by atoms with Gasteiger partial charge < -0.3 is 10.1 Å². The first kappa shape index (κ1) is 16.5. The zero-order valence-electron chi connectivity index (χ0n) is 10.8. The number of likely N-dealkylation sites (N-methyl/N-ethyl adjacent to an activating group) is 1. The van der Waals surface area contributed by atoms with E-state index in [4.69, 9.17) is 4.74 Å². The van der Waals surface area contributed by atoms with E-state index in [0.29, 0.717) is 18.7 Å². The van der Waals surface area contributed by atoms with Crippen molar-refractivity contribution in [3.8, 4) is 0 Å². The Morgan fingerprint density at radius 2 is 2.05 bits per heavy atom. The molecular formula is C13H17BrF3NO. The third-order valence-electron chi connectivity index (χ3n) is 2.63. The van der Waals surface area contributed by atoms with Crippen molar-refractivity contribution in [2.75, 3.05) is 13.1 Å². The number of nitrogens with one attached hydrogen (secondary N) is 1. The highest BCUT2D eigenvalue weighted by molar-refractivity contribution is 9.10. The summed E-state index contributed by atoms with van der Waals surface area (Å²) in [6.45, 7) is 3.93. The monoisotopic (exact) mass is 339 g/mol. The molecule has 2 nitrogen and oxygen atoms in total. The van der Waals surface area contributed by atoms with Crippen LogP contribution in [0.15, 0.2) is 28.7 Å². The molecule has 1 rings (SSSR count). The van der Waals surface area contributed by atoms with Crippen molar-refractivity contribution in [3.05, 3.63) is 34.3 Å². The van der Waals surface area contributed by atoms with Crippen LogP contribution in [0.1, 0.15) is 25.5 Å². The van der Waals surface area contributed by atoms with Gasteiger partial charge >= 0.3 is 6.18 Å². The fourth-order valence-electron chi connectivity index (χ4n) is 1.55. The van der Waals surface area contributed by atoms with Crippen molar-refractivity contribution < 1.29 is 17.9 Å². The minimum atomic E-state index is -4.35. The van der Waals surface area contributed by atoms with Crippen LogP contribution >= 0.6 is 15.9 Å². The van der Waals surface area contributed by atoms with Gasteiger partial charge in [0.15, 0.2) is 6.10 Å². The number of benzene rings is 1. The van der Waals surface area contributed by atoms with E-state index in [1.54, 1.807) is 18.2 Å². The summed E-state index contributed by atoms with van der Waals surface area (Å²) >= 11 is 3.31. The van der Waals surface area contributed by atoms with E-state index in [1.807, 2.05) is 13.0 Å². The van der Waals surface area contributed by atoms with Crippen molar-refractivity contribution in [2.24, 2.45) is 0 Å². The summed E-state index contributed by atoms with van der Waals surface area (Å²) in [5.41, 5.74) is 0.714. The van der Waals surface area contributed by atoms with Gasteiger partial charge in [-0.3, -0.25) is 0 Å². The molecule has 0 heterocycles. The zero-order valence-corrected chi connectivity index (χ0v) is 12.4. The molecule has 0 fully saturated rings. The lowest BCUT2D eigenvalue weighted by Gasteiger charge is -2.24. The lowest BCUT2D eigenvalue weighted by atomic mass is 10.1. The summed E-state index contributed by atoms with van der Waals surface area (Å²) in [5, 5.41) is 3.02. The van der Waals surface area contributed by atoms with Crippen molar-refractivity contribution in [1.82, 2.24) is 5.32 Å². The lowest BCUT2D eigenvalue weighted by Crippen LogP contribution is -2.33. The van der Waals surface area contributed by atoms with Crippen LogP contribution in [-0.2, 0) is 4.74 Å². The van der Waals surface area contributed by atoms with Crippen LogP contribution in [0.25, 0.3) is 0 Å². The Hall–Kier alpha value is -0.590. The van der Waals surface area contributed by atoms with E-state index in [1.165, 1.54) is 0 Å². The predicted molar refractivity (Wildman–Crippen MR) is 72.0 cm³/mol. The maximum Gasteiger partial charge on any atom is 0.414 e. The maximum atomic E-state index is 12.6. The Kier molecular flexibility index (Phi) is 6.29. The second-order valence-corrected chi connectivity index (χ2v) is 5.09. The first-order valence-electron chi connectivity index (χ1n) is 6.03. The van der Waals surface area contributed by atoms with Crippen molar-refractivity contribution in [2.45, 2.75) is 32.2 Å². The average Bonchev–Trinajstić information content (AvgIpc) is 2.33.